The Morgan fingerprint density at radius 1 is 0.811 bits per heavy atom. The van der Waals surface area contributed by atoms with Crippen LogP contribution in [-0.4, -0.2) is 65.5 Å². The highest BCUT2D eigenvalue weighted by Crippen LogP contribution is 2.07. The summed E-state index contributed by atoms with van der Waals surface area (Å²) in [6.07, 6.45) is 4.07. The van der Waals surface area contributed by atoms with Crippen LogP contribution in [0.5, 0.6) is 0 Å². The molecular weight excluding hydrogens is 480 g/mol. The maximum atomic E-state index is 12.1. The van der Waals surface area contributed by atoms with Crippen molar-refractivity contribution >= 4 is 35.3 Å². The summed E-state index contributed by atoms with van der Waals surface area (Å²) in [5.41, 5.74) is 4.73. The molecule has 208 valence electrons. The zero-order chi connectivity index (χ0) is 28.4. The summed E-state index contributed by atoms with van der Waals surface area (Å²) < 4.78 is 0. The summed E-state index contributed by atoms with van der Waals surface area (Å²) >= 11 is 0. The molecule has 0 bridgehead atoms. The largest absolute Gasteiger partial charge is 0.480 e. The fourth-order valence-corrected chi connectivity index (χ4v) is 3.22. The molecule has 37 heavy (non-hydrogen) atoms. The first-order valence-electron chi connectivity index (χ1n) is 12.6. The second-order valence-corrected chi connectivity index (χ2v) is 9.25. The molecule has 0 spiro atoms. The molecule has 11 nitrogen and oxygen atoms in total. The van der Waals surface area contributed by atoms with Gasteiger partial charge >= 0.3 is 5.97 Å². The van der Waals surface area contributed by atoms with E-state index >= 15 is 0 Å². The molecule has 0 radical (unpaired) electrons. The number of aliphatic carboxylic acids is 1. The topological polar surface area (TPSA) is 186 Å². The van der Waals surface area contributed by atoms with Gasteiger partial charge in [-0.05, 0) is 51.5 Å². The second-order valence-electron chi connectivity index (χ2n) is 9.25. The van der Waals surface area contributed by atoms with E-state index in [2.05, 4.69) is 34.8 Å². The van der Waals surface area contributed by atoms with Gasteiger partial charge in [-0.1, -0.05) is 19.6 Å². The number of allylic oxidation sites excluding steroid dienone is 1. The number of quaternary nitrogens is 1. The lowest BCUT2D eigenvalue weighted by Gasteiger charge is -2.14. The Labute approximate surface area is 218 Å². The molecule has 0 saturated heterocycles. The smallest absolute Gasteiger partial charge is 0.326 e. The Morgan fingerprint density at radius 2 is 1.46 bits per heavy atom. The normalized spacial score (nSPS) is 12.1. The third-order valence-corrected chi connectivity index (χ3v) is 5.62. The first kappa shape index (κ1) is 33.7. The molecule has 0 aromatic rings. The molecule has 2 atom stereocenters. The number of nitrogens with one attached hydrogen (secondary N) is 3. The molecule has 0 heterocycles. The Morgan fingerprint density at radius 3 is 2.05 bits per heavy atom. The van der Waals surface area contributed by atoms with E-state index < -0.39 is 24.0 Å². The third-order valence-electron chi connectivity index (χ3n) is 5.62. The van der Waals surface area contributed by atoms with Gasteiger partial charge in [0.1, 0.15) is 6.04 Å². The average Bonchev–Trinajstić information content (AvgIpc) is 2.83. The van der Waals surface area contributed by atoms with Crippen LogP contribution in [0, 0.1) is 0 Å². The van der Waals surface area contributed by atoms with E-state index in [1.807, 2.05) is 0 Å². The van der Waals surface area contributed by atoms with Crippen LogP contribution in [0.1, 0.15) is 78.1 Å². The molecule has 1 unspecified atom stereocenters. The molecular formula is C26H43N4O7+. The lowest BCUT2D eigenvalue weighted by Crippen LogP contribution is -2.67. The predicted octanol–water partition coefficient (Wildman–Crippen LogP) is 0.590. The van der Waals surface area contributed by atoms with Crippen LogP contribution in [-0.2, 0) is 28.8 Å². The monoisotopic (exact) mass is 523 g/mol. The summed E-state index contributed by atoms with van der Waals surface area (Å²) in [5, 5.41) is 16.9. The molecule has 0 saturated carbocycles. The van der Waals surface area contributed by atoms with Crippen LogP contribution in [0.25, 0.3) is 0 Å². The van der Waals surface area contributed by atoms with Gasteiger partial charge in [0.25, 0.3) is 5.91 Å². The minimum atomic E-state index is -1.18. The van der Waals surface area contributed by atoms with Crippen LogP contribution >= 0.6 is 0 Å². The zero-order valence-corrected chi connectivity index (χ0v) is 22.2. The van der Waals surface area contributed by atoms with Crippen molar-refractivity contribution in [2.75, 3.05) is 13.1 Å². The van der Waals surface area contributed by atoms with E-state index in [1.165, 1.54) is 0 Å². The number of carboxylic acid groups (broad SMARTS) is 1. The van der Waals surface area contributed by atoms with Gasteiger partial charge in [0.15, 0.2) is 17.6 Å². The first-order chi connectivity index (χ1) is 17.3. The summed E-state index contributed by atoms with van der Waals surface area (Å²) in [5.74, 6) is -2.69. The number of Topliss-reactive ketones (excluding diaryl/α,β-unsaturated/α-hetero) is 2. The van der Waals surface area contributed by atoms with Crippen molar-refractivity contribution in [2.45, 2.75) is 90.1 Å². The quantitative estimate of drug-likeness (QED) is 0.108. The third kappa shape index (κ3) is 16.9. The molecule has 0 rings (SSSR count). The van der Waals surface area contributed by atoms with Gasteiger partial charge in [-0.15, -0.1) is 0 Å². The van der Waals surface area contributed by atoms with E-state index in [4.69, 9.17) is 0 Å². The van der Waals surface area contributed by atoms with Gasteiger partial charge in [0, 0.05) is 37.8 Å². The van der Waals surface area contributed by atoms with E-state index in [0.29, 0.717) is 43.4 Å². The van der Waals surface area contributed by atoms with Gasteiger partial charge < -0.3 is 26.8 Å². The number of carbonyl (C=O) groups is 6. The van der Waals surface area contributed by atoms with Crippen LogP contribution < -0.4 is 21.7 Å². The van der Waals surface area contributed by atoms with Crippen molar-refractivity contribution in [2.24, 2.45) is 0 Å². The van der Waals surface area contributed by atoms with Gasteiger partial charge in [0.05, 0.1) is 6.54 Å². The Hall–Kier alpha value is -3.34. The lowest BCUT2D eigenvalue weighted by atomic mass is 10.0. The molecule has 0 aromatic carbocycles. The van der Waals surface area contributed by atoms with Gasteiger partial charge in [-0.2, -0.15) is 0 Å². The number of ketones is 2. The van der Waals surface area contributed by atoms with Crippen molar-refractivity contribution in [3.8, 4) is 0 Å². The summed E-state index contributed by atoms with van der Waals surface area (Å²) in [7, 11) is 0. The summed E-state index contributed by atoms with van der Waals surface area (Å²) in [6.45, 7) is 10.5. The summed E-state index contributed by atoms with van der Waals surface area (Å²) in [6, 6.07) is -1.62. The van der Waals surface area contributed by atoms with Crippen LogP contribution in [0.4, 0.5) is 0 Å². The SMILES string of the molecule is C=C(C)C(=O)CCCCC[C@H]([NH3+])C(=O)NCC(=O)CCC(=O)NC(CCCCNC(=O)C(=C)C)C(=O)O. The molecule has 0 aromatic heterocycles. The number of carboxylic acids is 1. The molecule has 3 amide bonds. The van der Waals surface area contributed by atoms with Crippen molar-refractivity contribution in [3.05, 3.63) is 24.3 Å². The van der Waals surface area contributed by atoms with Crippen molar-refractivity contribution in [1.29, 1.82) is 0 Å². The van der Waals surface area contributed by atoms with E-state index in [-0.39, 0.29) is 49.2 Å². The molecule has 0 aliphatic carbocycles. The lowest BCUT2D eigenvalue weighted by molar-refractivity contribution is -0.405. The zero-order valence-electron chi connectivity index (χ0n) is 22.2. The highest BCUT2D eigenvalue weighted by atomic mass is 16.4. The Kier molecular flexibility index (Phi) is 17.2. The molecule has 11 heteroatoms. The second kappa shape index (κ2) is 18.9. The molecule has 7 N–H and O–H groups in total. The fraction of sp³-hybridized carbons (Fsp3) is 0.615. The highest BCUT2D eigenvalue weighted by molar-refractivity contribution is 5.94. The van der Waals surface area contributed by atoms with E-state index in [9.17, 15) is 33.9 Å². The van der Waals surface area contributed by atoms with E-state index in [0.717, 1.165) is 19.3 Å². The maximum Gasteiger partial charge on any atom is 0.326 e. The standard InChI is InChI=1S/C26H42N4O7/c1-17(2)22(32)12-7-5-6-10-20(27)25(35)29-16-19(31)13-14-23(33)30-21(26(36)37)11-8-9-15-28-24(34)18(3)4/h20-21H,1,3,5-16,27H2,2,4H3,(H,28,34)(H,29,35)(H,30,33)(H,36,37)/p+1/t20-,21?/m0/s1. The minimum absolute atomic E-state index is 0.0378. The number of carbonyl (C=O) groups excluding carboxylic acids is 5. The van der Waals surface area contributed by atoms with Gasteiger partial charge in [-0.25, -0.2) is 4.79 Å². The predicted molar refractivity (Wildman–Crippen MR) is 138 cm³/mol. The molecule has 0 aliphatic heterocycles. The van der Waals surface area contributed by atoms with Gasteiger partial charge in [-0.3, -0.25) is 24.0 Å². The van der Waals surface area contributed by atoms with Crippen LogP contribution in [0.15, 0.2) is 24.3 Å². The minimum Gasteiger partial charge on any atom is -0.480 e. The average molecular weight is 524 g/mol. The van der Waals surface area contributed by atoms with Crippen molar-refractivity contribution < 1.29 is 39.6 Å². The highest BCUT2D eigenvalue weighted by Gasteiger charge is 2.21. The number of hydrogen-bond acceptors (Lipinski definition) is 6. The van der Waals surface area contributed by atoms with Crippen molar-refractivity contribution in [3.63, 3.8) is 0 Å². The van der Waals surface area contributed by atoms with E-state index in [1.54, 1.807) is 13.8 Å². The number of rotatable bonds is 21. The number of hydrogen-bond donors (Lipinski definition) is 5. The summed E-state index contributed by atoms with van der Waals surface area (Å²) in [4.78, 5) is 70.6. The van der Waals surface area contributed by atoms with Gasteiger partial charge in [0.2, 0.25) is 11.8 Å². The number of amides is 3. The van der Waals surface area contributed by atoms with Crippen LogP contribution in [0.2, 0.25) is 0 Å². The maximum absolute atomic E-state index is 12.1. The molecule has 0 fully saturated rings. The molecule has 0 aliphatic rings. The van der Waals surface area contributed by atoms with Crippen LogP contribution in [0.3, 0.4) is 0 Å². The fourth-order valence-electron chi connectivity index (χ4n) is 3.22. The van der Waals surface area contributed by atoms with Crippen molar-refractivity contribution in [1.82, 2.24) is 16.0 Å². The Bertz CT molecular complexity index is 854. The Balaban J connectivity index is 4.14. The first-order valence-corrected chi connectivity index (χ1v) is 12.6. The number of unbranched alkanes of at least 4 members (excludes halogenated alkanes) is 3.